The number of alkyl carbamates (subject to hydrolysis) is 1. The molecule has 1 heterocycles. The van der Waals surface area contributed by atoms with E-state index in [1.807, 2.05) is 0 Å². The molecular formula is C13H18N2O6. The van der Waals surface area contributed by atoms with E-state index in [-0.39, 0.29) is 6.54 Å². The molecular weight excluding hydrogens is 280 g/mol. The summed E-state index contributed by atoms with van der Waals surface area (Å²) in [5.41, 5.74) is -0.703. The van der Waals surface area contributed by atoms with Gasteiger partial charge in [-0.1, -0.05) is 0 Å². The second kappa shape index (κ2) is 6.38. The van der Waals surface area contributed by atoms with Crippen molar-refractivity contribution in [3.63, 3.8) is 0 Å². The van der Waals surface area contributed by atoms with E-state index in [1.165, 1.54) is 0 Å². The Bertz CT molecular complexity index is 473. The number of nitrogens with one attached hydrogen (secondary N) is 1. The van der Waals surface area contributed by atoms with Crippen molar-refractivity contribution in [2.45, 2.75) is 32.4 Å². The Kier molecular flexibility index (Phi) is 5.07. The zero-order valence-corrected chi connectivity index (χ0v) is 12.3. The number of esters is 1. The molecule has 116 valence electrons. The zero-order chi connectivity index (χ0) is 16.2. The fourth-order valence-corrected chi connectivity index (χ4v) is 1.63. The molecule has 3 amide bonds. The SMILES string of the molecule is COC(=O)C(CNC(=O)OC(C)(C)C)N1C(=O)C=CC1=O. The van der Waals surface area contributed by atoms with Crippen molar-refractivity contribution in [3.8, 4) is 0 Å². The van der Waals surface area contributed by atoms with Gasteiger partial charge in [0.1, 0.15) is 5.60 Å². The lowest BCUT2D eigenvalue weighted by atomic mass is 10.2. The van der Waals surface area contributed by atoms with Crippen LogP contribution in [0.3, 0.4) is 0 Å². The third-order valence-corrected chi connectivity index (χ3v) is 2.47. The van der Waals surface area contributed by atoms with E-state index in [0.29, 0.717) is 0 Å². The average Bonchev–Trinajstić information content (AvgIpc) is 2.68. The summed E-state index contributed by atoms with van der Waals surface area (Å²) in [7, 11) is 1.13. The first-order chi connectivity index (χ1) is 9.65. The fraction of sp³-hybridized carbons (Fsp3) is 0.538. The summed E-state index contributed by atoms with van der Waals surface area (Å²) >= 11 is 0. The number of nitrogens with zero attached hydrogens (tertiary/aromatic N) is 1. The van der Waals surface area contributed by atoms with Gasteiger partial charge in [0.25, 0.3) is 11.8 Å². The van der Waals surface area contributed by atoms with Crippen LogP contribution in [0.5, 0.6) is 0 Å². The highest BCUT2D eigenvalue weighted by Gasteiger charge is 2.37. The number of hydrogen-bond acceptors (Lipinski definition) is 6. The second-order valence-electron chi connectivity index (χ2n) is 5.30. The first-order valence-electron chi connectivity index (χ1n) is 6.25. The lowest BCUT2D eigenvalue weighted by Crippen LogP contribution is -2.52. The number of ether oxygens (including phenoxy) is 2. The molecule has 1 aliphatic rings. The van der Waals surface area contributed by atoms with E-state index < -0.39 is 35.5 Å². The summed E-state index contributed by atoms with van der Waals surface area (Å²) in [6.45, 7) is 4.76. The molecule has 0 saturated heterocycles. The van der Waals surface area contributed by atoms with Crippen molar-refractivity contribution in [2.75, 3.05) is 13.7 Å². The van der Waals surface area contributed by atoms with Crippen LogP contribution in [0.1, 0.15) is 20.8 Å². The van der Waals surface area contributed by atoms with Gasteiger partial charge in [0, 0.05) is 12.2 Å². The van der Waals surface area contributed by atoms with Gasteiger partial charge in [-0.3, -0.25) is 14.5 Å². The lowest BCUT2D eigenvalue weighted by Gasteiger charge is -2.25. The van der Waals surface area contributed by atoms with Gasteiger partial charge in [-0.25, -0.2) is 9.59 Å². The number of rotatable bonds is 4. The van der Waals surface area contributed by atoms with Crippen molar-refractivity contribution in [2.24, 2.45) is 0 Å². The highest BCUT2D eigenvalue weighted by Crippen LogP contribution is 2.11. The standard InChI is InChI=1S/C13H18N2O6/c1-13(2,3)21-12(19)14-7-8(11(18)20-4)15-9(16)5-6-10(15)17/h5-6,8H,7H2,1-4H3,(H,14,19). The molecule has 0 fully saturated rings. The first kappa shape index (κ1) is 16.7. The number of amides is 3. The van der Waals surface area contributed by atoms with E-state index in [9.17, 15) is 19.2 Å². The van der Waals surface area contributed by atoms with Crippen molar-refractivity contribution in [3.05, 3.63) is 12.2 Å². The Morgan fingerprint density at radius 1 is 1.24 bits per heavy atom. The topological polar surface area (TPSA) is 102 Å². The summed E-state index contributed by atoms with van der Waals surface area (Å²) in [6, 6.07) is -1.24. The third kappa shape index (κ3) is 4.59. The van der Waals surface area contributed by atoms with Crippen LogP contribution in [0.25, 0.3) is 0 Å². The summed E-state index contributed by atoms with van der Waals surface area (Å²) in [5, 5.41) is 2.34. The Morgan fingerprint density at radius 3 is 2.19 bits per heavy atom. The van der Waals surface area contributed by atoms with Gasteiger partial charge in [-0.2, -0.15) is 0 Å². The molecule has 21 heavy (non-hydrogen) atoms. The highest BCUT2D eigenvalue weighted by molar-refractivity contribution is 6.14. The zero-order valence-electron chi connectivity index (χ0n) is 12.3. The quantitative estimate of drug-likeness (QED) is 0.578. The fourth-order valence-electron chi connectivity index (χ4n) is 1.63. The van der Waals surface area contributed by atoms with E-state index >= 15 is 0 Å². The predicted octanol–water partition coefficient (Wildman–Crippen LogP) is -0.0223. The Morgan fingerprint density at radius 2 is 1.76 bits per heavy atom. The van der Waals surface area contributed by atoms with Crippen LogP contribution in [0, 0.1) is 0 Å². The van der Waals surface area contributed by atoms with Crippen LogP contribution in [-0.2, 0) is 23.9 Å². The van der Waals surface area contributed by atoms with Crippen molar-refractivity contribution in [1.82, 2.24) is 10.2 Å². The maximum atomic E-state index is 11.7. The molecule has 8 heteroatoms. The maximum absolute atomic E-state index is 11.7. The Hall–Kier alpha value is -2.38. The average molecular weight is 298 g/mol. The van der Waals surface area contributed by atoms with Crippen LogP contribution in [0.15, 0.2) is 12.2 Å². The molecule has 1 aliphatic heterocycles. The molecule has 1 atom stereocenters. The number of imide groups is 1. The van der Waals surface area contributed by atoms with Crippen LogP contribution < -0.4 is 5.32 Å². The van der Waals surface area contributed by atoms with Gasteiger partial charge in [-0.15, -0.1) is 0 Å². The van der Waals surface area contributed by atoms with E-state index in [1.54, 1.807) is 20.8 Å². The third-order valence-electron chi connectivity index (χ3n) is 2.47. The van der Waals surface area contributed by atoms with Gasteiger partial charge in [0.15, 0.2) is 6.04 Å². The Balaban J connectivity index is 2.73. The summed E-state index contributed by atoms with van der Waals surface area (Å²) in [6.07, 6.45) is 1.33. The molecule has 0 aromatic heterocycles. The summed E-state index contributed by atoms with van der Waals surface area (Å²) < 4.78 is 9.56. The van der Waals surface area contributed by atoms with Crippen molar-refractivity contribution < 1.29 is 28.7 Å². The van der Waals surface area contributed by atoms with E-state index in [0.717, 1.165) is 24.2 Å². The van der Waals surface area contributed by atoms with E-state index in [2.05, 4.69) is 10.1 Å². The molecule has 0 bridgehead atoms. The smallest absolute Gasteiger partial charge is 0.407 e. The maximum Gasteiger partial charge on any atom is 0.407 e. The predicted molar refractivity (Wildman–Crippen MR) is 71.0 cm³/mol. The van der Waals surface area contributed by atoms with Gasteiger partial charge < -0.3 is 14.8 Å². The van der Waals surface area contributed by atoms with Gasteiger partial charge >= 0.3 is 12.1 Å². The normalized spacial score (nSPS) is 15.9. The largest absolute Gasteiger partial charge is 0.467 e. The molecule has 8 nitrogen and oxygen atoms in total. The molecule has 0 spiro atoms. The van der Waals surface area contributed by atoms with Crippen LogP contribution >= 0.6 is 0 Å². The van der Waals surface area contributed by atoms with Crippen molar-refractivity contribution >= 4 is 23.9 Å². The summed E-state index contributed by atoms with van der Waals surface area (Å²) in [5.74, 6) is -2.08. The van der Waals surface area contributed by atoms with Gasteiger partial charge in [-0.05, 0) is 20.8 Å². The number of carbonyl (C=O) groups excluding carboxylic acids is 4. The molecule has 0 aromatic carbocycles. The van der Waals surface area contributed by atoms with Gasteiger partial charge in [0.2, 0.25) is 0 Å². The monoisotopic (exact) mass is 298 g/mol. The number of carbonyl (C=O) groups is 4. The molecule has 0 aliphatic carbocycles. The second-order valence-corrected chi connectivity index (χ2v) is 5.30. The Labute approximate surface area is 122 Å². The highest BCUT2D eigenvalue weighted by atomic mass is 16.6. The number of hydrogen-bond donors (Lipinski definition) is 1. The lowest BCUT2D eigenvalue weighted by molar-refractivity contribution is -0.155. The van der Waals surface area contributed by atoms with Crippen LogP contribution in [0.4, 0.5) is 4.79 Å². The molecule has 1 N–H and O–H groups in total. The number of methoxy groups -OCH3 is 1. The van der Waals surface area contributed by atoms with Crippen LogP contribution in [-0.4, -0.2) is 54.1 Å². The molecule has 0 saturated carbocycles. The van der Waals surface area contributed by atoms with Crippen LogP contribution in [0.2, 0.25) is 0 Å². The van der Waals surface area contributed by atoms with Gasteiger partial charge in [0.05, 0.1) is 13.7 Å². The minimum absolute atomic E-state index is 0.291. The first-order valence-corrected chi connectivity index (χ1v) is 6.25. The van der Waals surface area contributed by atoms with E-state index in [4.69, 9.17) is 4.74 Å². The minimum Gasteiger partial charge on any atom is -0.467 e. The summed E-state index contributed by atoms with van der Waals surface area (Å²) in [4.78, 5) is 47.2. The molecule has 1 rings (SSSR count). The van der Waals surface area contributed by atoms with Crippen molar-refractivity contribution in [1.29, 1.82) is 0 Å². The molecule has 0 radical (unpaired) electrons. The molecule has 0 aromatic rings. The molecule has 1 unspecified atom stereocenters. The minimum atomic E-state index is -1.24.